The molecule has 2 aliphatic rings. The van der Waals surface area contributed by atoms with Crippen LogP contribution in [0.15, 0.2) is 42.5 Å². The lowest BCUT2D eigenvalue weighted by atomic mass is 9.77. The first-order chi connectivity index (χ1) is 11.2. The zero-order valence-electron chi connectivity index (χ0n) is 13.1. The summed E-state index contributed by atoms with van der Waals surface area (Å²) in [5.41, 5.74) is 2.69. The van der Waals surface area contributed by atoms with Crippen LogP contribution in [0.5, 0.6) is 5.75 Å². The number of aliphatic hydroxyl groups is 1. The summed E-state index contributed by atoms with van der Waals surface area (Å²) < 4.78 is 6.43. The molecule has 1 atom stereocenters. The van der Waals surface area contributed by atoms with Crippen molar-refractivity contribution in [1.29, 1.82) is 0 Å². The van der Waals surface area contributed by atoms with Crippen molar-refractivity contribution in [3.63, 3.8) is 0 Å². The van der Waals surface area contributed by atoms with Crippen LogP contribution >= 0.6 is 11.6 Å². The molecule has 1 N–H and O–H groups in total. The Morgan fingerprint density at radius 3 is 2.48 bits per heavy atom. The molecule has 1 fully saturated rings. The SMILES string of the molecule is OC1CC2(CCCCC2)Oc2cc(-c3ccccc3)cc(Cl)c21. The molecule has 1 aliphatic heterocycles. The molecule has 0 bridgehead atoms. The summed E-state index contributed by atoms with van der Waals surface area (Å²) in [5, 5.41) is 11.3. The van der Waals surface area contributed by atoms with Crippen molar-refractivity contribution in [3.8, 4) is 16.9 Å². The van der Waals surface area contributed by atoms with Gasteiger partial charge in [0.2, 0.25) is 0 Å². The minimum Gasteiger partial charge on any atom is -0.487 e. The molecule has 1 spiro atoms. The molecule has 120 valence electrons. The molecule has 2 aromatic carbocycles. The second-order valence-corrected chi connectivity index (χ2v) is 7.21. The van der Waals surface area contributed by atoms with E-state index in [0.29, 0.717) is 11.4 Å². The van der Waals surface area contributed by atoms with E-state index in [4.69, 9.17) is 16.3 Å². The summed E-state index contributed by atoms with van der Waals surface area (Å²) in [6.45, 7) is 0. The van der Waals surface area contributed by atoms with Gasteiger partial charge in [-0.15, -0.1) is 0 Å². The van der Waals surface area contributed by atoms with Gasteiger partial charge in [-0.1, -0.05) is 48.4 Å². The van der Waals surface area contributed by atoms with Crippen LogP contribution in [0, 0.1) is 0 Å². The van der Waals surface area contributed by atoms with Gasteiger partial charge >= 0.3 is 0 Å². The van der Waals surface area contributed by atoms with E-state index in [0.717, 1.165) is 35.3 Å². The van der Waals surface area contributed by atoms with Crippen molar-refractivity contribution in [2.75, 3.05) is 0 Å². The zero-order valence-corrected chi connectivity index (χ0v) is 13.9. The third kappa shape index (κ3) is 2.75. The molecule has 3 heteroatoms. The van der Waals surface area contributed by atoms with Gasteiger partial charge in [-0.3, -0.25) is 0 Å². The van der Waals surface area contributed by atoms with Gasteiger partial charge in [-0.25, -0.2) is 0 Å². The van der Waals surface area contributed by atoms with Crippen LogP contribution in [0.3, 0.4) is 0 Å². The molecule has 23 heavy (non-hydrogen) atoms. The van der Waals surface area contributed by atoms with E-state index in [1.807, 2.05) is 30.3 Å². The number of benzene rings is 2. The first kappa shape index (κ1) is 15.0. The number of hydrogen-bond acceptors (Lipinski definition) is 2. The van der Waals surface area contributed by atoms with Gasteiger partial charge in [-0.2, -0.15) is 0 Å². The average Bonchev–Trinajstić information content (AvgIpc) is 2.55. The van der Waals surface area contributed by atoms with Gasteiger partial charge in [0.25, 0.3) is 0 Å². The monoisotopic (exact) mass is 328 g/mol. The van der Waals surface area contributed by atoms with Crippen molar-refractivity contribution in [2.24, 2.45) is 0 Å². The Morgan fingerprint density at radius 1 is 1.00 bits per heavy atom. The maximum atomic E-state index is 10.7. The number of rotatable bonds is 1. The molecular weight excluding hydrogens is 308 g/mol. The quantitative estimate of drug-likeness (QED) is 0.746. The van der Waals surface area contributed by atoms with Crippen LogP contribution in [0.25, 0.3) is 11.1 Å². The highest BCUT2D eigenvalue weighted by Gasteiger charge is 2.42. The summed E-state index contributed by atoms with van der Waals surface area (Å²) in [7, 11) is 0. The Morgan fingerprint density at radius 2 is 1.74 bits per heavy atom. The lowest BCUT2D eigenvalue weighted by Crippen LogP contribution is -2.42. The van der Waals surface area contributed by atoms with E-state index in [1.165, 1.54) is 19.3 Å². The number of hydrogen-bond donors (Lipinski definition) is 1. The Bertz CT molecular complexity index is 705. The third-order valence-corrected chi connectivity index (χ3v) is 5.50. The molecule has 1 saturated carbocycles. The summed E-state index contributed by atoms with van der Waals surface area (Å²) in [4.78, 5) is 0. The molecule has 0 aromatic heterocycles. The second-order valence-electron chi connectivity index (χ2n) is 6.80. The Kier molecular flexibility index (Phi) is 3.82. The molecule has 1 heterocycles. The third-order valence-electron chi connectivity index (χ3n) is 5.19. The Balaban J connectivity index is 1.77. The molecule has 1 aliphatic carbocycles. The second kappa shape index (κ2) is 5.85. The first-order valence-electron chi connectivity index (χ1n) is 8.43. The van der Waals surface area contributed by atoms with Crippen molar-refractivity contribution in [3.05, 3.63) is 53.1 Å². The van der Waals surface area contributed by atoms with Gasteiger partial charge in [0.05, 0.1) is 11.1 Å². The number of aliphatic hydroxyl groups excluding tert-OH is 1. The maximum absolute atomic E-state index is 10.7. The van der Waals surface area contributed by atoms with Crippen LogP contribution in [0.1, 0.15) is 50.2 Å². The van der Waals surface area contributed by atoms with Crippen LogP contribution in [0.4, 0.5) is 0 Å². The molecular formula is C20H21ClO2. The van der Waals surface area contributed by atoms with E-state index in [1.54, 1.807) is 0 Å². The highest BCUT2D eigenvalue weighted by Crippen LogP contribution is 2.49. The van der Waals surface area contributed by atoms with Gasteiger partial charge in [-0.05, 0) is 48.9 Å². The summed E-state index contributed by atoms with van der Waals surface area (Å²) in [6.07, 6.45) is 5.79. The Hall–Kier alpha value is -1.51. The van der Waals surface area contributed by atoms with Gasteiger partial charge in [0.15, 0.2) is 0 Å². The molecule has 1 unspecified atom stereocenters. The predicted octanol–water partition coefficient (Wildman–Crippen LogP) is 5.53. The van der Waals surface area contributed by atoms with Crippen molar-refractivity contribution < 1.29 is 9.84 Å². The van der Waals surface area contributed by atoms with Crippen LogP contribution < -0.4 is 4.74 Å². The number of fused-ring (bicyclic) bond motifs is 1. The lowest BCUT2D eigenvalue weighted by molar-refractivity contribution is -0.0380. The number of ether oxygens (including phenoxy) is 1. The minimum absolute atomic E-state index is 0.205. The summed E-state index contributed by atoms with van der Waals surface area (Å²) in [5.74, 6) is 0.761. The molecule has 2 aromatic rings. The molecule has 0 amide bonds. The topological polar surface area (TPSA) is 29.5 Å². The Labute approximate surface area is 142 Å². The van der Waals surface area contributed by atoms with Crippen LogP contribution in [0.2, 0.25) is 5.02 Å². The molecule has 0 radical (unpaired) electrons. The smallest absolute Gasteiger partial charge is 0.128 e. The summed E-state index contributed by atoms with van der Waals surface area (Å²) >= 11 is 6.48. The zero-order chi connectivity index (χ0) is 15.9. The van der Waals surface area contributed by atoms with Crippen molar-refractivity contribution in [1.82, 2.24) is 0 Å². The van der Waals surface area contributed by atoms with E-state index >= 15 is 0 Å². The molecule has 2 nitrogen and oxygen atoms in total. The van der Waals surface area contributed by atoms with E-state index in [-0.39, 0.29) is 5.60 Å². The van der Waals surface area contributed by atoms with E-state index < -0.39 is 6.10 Å². The first-order valence-corrected chi connectivity index (χ1v) is 8.81. The molecule has 0 saturated heterocycles. The van der Waals surface area contributed by atoms with E-state index in [9.17, 15) is 5.11 Å². The van der Waals surface area contributed by atoms with Crippen LogP contribution in [-0.4, -0.2) is 10.7 Å². The predicted molar refractivity (Wildman–Crippen MR) is 92.9 cm³/mol. The van der Waals surface area contributed by atoms with Gasteiger partial charge in [0.1, 0.15) is 11.4 Å². The van der Waals surface area contributed by atoms with Gasteiger partial charge in [0, 0.05) is 12.0 Å². The van der Waals surface area contributed by atoms with Crippen molar-refractivity contribution in [2.45, 2.75) is 50.2 Å². The fraction of sp³-hybridized carbons (Fsp3) is 0.400. The standard InChI is InChI=1S/C20H21ClO2/c21-16-11-15(14-7-3-1-4-8-14)12-18-19(16)17(22)13-20(23-18)9-5-2-6-10-20/h1,3-4,7-8,11-12,17,22H,2,5-6,9-10,13H2. The minimum atomic E-state index is -0.533. The maximum Gasteiger partial charge on any atom is 0.128 e. The fourth-order valence-electron chi connectivity index (χ4n) is 4.03. The van der Waals surface area contributed by atoms with Gasteiger partial charge < -0.3 is 9.84 Å². The highest BCUT2D eigenvalue weighted by molar-refractivity contribution is 6.32. The highest BCUT2D eigenvalue weighted by atomic mass is 35.5. The fourth-order valence-corrected chi connectivity index (χ4v) is 4.37. The largest absolute Gasteiger partial charge is 0.487 e. The van der Waals surface area contributed by atoms with Crippen molar-refractivity contribution >= 4 is 11.6 Å². The normalized spacial score (nSPS) is 22.4. The average molecular weight is 329 g/mol. The lowest BCUT2D eigenvalue weighted by Gasteiger charge is -2.43. The summed E-state index contributed by atoms with van der Waals surface area (Å²) in [6, 6.07) is 14.1. The van der Waals surface area contributed by atoms with Crippen LogP contribution in [-0.2, 0) is 0 Å². The molecule has 4 rings (SSSR count). The van der Waals surface area contributed by atoms with E-state index in [2.05, 4.69) is 12.1 Å². The number of halogens is 1.